The third-order valence-electron chi connectivity index (χ3n) is 4.75. The monoisotopic (exact) mass is 383 g/mol. The minimum atomic E-state index is -1.04. The highest BCUT2D eigenvalue weighted by Gasteiger charge is 2.40. The van der Waals surface area contributed by atoms with E-state index < -0.39 is 11.6 Å². The summed E-state index contributed by atoms with van der Waals surface area (Å²) in [5.74, 6) is 0.169. The first-order valence-corrected chi connectivity index (χ1v) is 9.36. The molecule has 0 radical (unpaired) electrons. The Bertz CT molecular complexity index is 890. The van der Waals surface area contributed by atoms with Crippen molar-refractivity contribution in [1.82, 2.24) is 0 Å². The molecule has 0 bridgehead atoms. The van der Waals surface area contributed by atoms with Crippen LogP contribution in [0.2, 0.25) is 0 Å². The van der Waals surface area contributed by atoms with Gasteiger partial charge in [0, 0.05) is 6.54 Å². The van der Waals surface area contributed by atoms with Gasteiger partial charge in [-0.15, -0.1) is 0 Å². The molecule has 0 saturated heterocycles. The first kappa shape index (κ1) is 19.7. The molecule has 148 valence electrons. The second kappa shape index (κ2) is 7.92. The first-order valence-electron chi connectivity index (χ1n) is 9.36. The minimum absolute atomic E-state index is 0.128. The summed E-state index contributed by atoms with van der Waals surface area (Å²) < 4.78 is 11.6. The molecule has 1 heterocycles. The summed E-state index contributed by atoms with van der Waals surface area (Å²) in [5, 5.41) is 9.26. The Balaban J connectivity index is 1.67. The van der Waals surface area contributed by atoms with Crippen molar-refractivity contribution in [1.29, 1.82) is 0 Å². The van der Waals surface area contributed by atoms with E-state index in [0.29, 0.717) is 24.6 Å². The molecule has 0 unspecified atom stereocenters. The lowest BCUT2D eigenvalue weighted by molar-refractivity contribution is -0.132. The number of aryl methyl sites for hydroxylation is 1. The number of anilines is 1. The zero-order valence-corrected chi connectivity index (χ0v) is 16.4. The van der Waals surface area contributed by atoms with Gasteiger partial charge < -0.3 is 19.5 Å². The Hall–Kier alpha value is -3.02. The van der Waals surface area contributed by atoms with Crippen LogP contribution in [0.1, 0.15) is 42.6 Å². The highest BCUT2D eigenvalue weighted by molar-refractivity contribution is 6.03. The first-order chi connectivity index (χ1) is 13.3. The van der Waals surface area contributed by atoms with Crippen molar-refractivity contribution >= 4 is 17.6 Å². The molecular formula is C22H25NO5. The molecule has 28 heavy (non-hydrogen) atoms. The Kier molecular flexibility index (Phi) is 5.58. The lowest BCUT2D eigenvalue weighted by Crippen LogP contribution is -2.52. The van der Waals surface area contributed by atoms with Crippen molar-refractivity contribution in [2.75, 3.05) is 18.1 Å². The summed E-state index contributed by atoms with van der Waals surface area (Å²) >= 11 is 0. The van der Waals surface area contributed by atoms with Crippen LogP contribution in [0.25, 0.3) is 0 Å². The summed E-state index contributed by atoms with van der Waals surface area (Å²) in [6.07, 6.45) is 1.50. The van der Waals surface area contributed by atoms with Gasteiger partial charge >= 0.3 is 5.97 Å². The van der Waals surface area contributed by atoms with E-state index in [1.54, 1.807) is 24.8 Å². The number of ether oxygens (including phenoxy) is 2. The quantitative estimate of drug-likeness (QED) is 0.730. The summed E-state index contributed by atoms with van der Waals surface area (Å²) in [6.45, 7) is 6.46. The number of para-hydroxylation sites is 1. The maximum Gasteiger partial charge on any atom is 0.335 e. The lowest BCUT2D eigenvalue weighted by atomic mass is 10.0. The number of hydrogen-bond donors (Lipinski definition) is 1. The van der Waals surface area contributed by atoms with Gasteiger partial charge in [-0.25, -0.2) is 4.79 Å². The molecule has 1 N–H and O–H groups in total. The van der Waals surface area contributed by atoms with Gasteiger partial charge in [0.05, 0.1) is 17.9 Å². The van der Waals surface area contributed by atoms with Crippen LogP contribution in [0.15, 0.2) is 42.5 Å². The Morgan fingerprint density at radius 2 is 1.93 bits per heavy atom. The van der Waals surface area contributed by atoms with Crippen LogP contribution in [0.3, 0.4) is 0 Å². The fraction of sp³-hybridized carbons (Fsp3) is 0.364. The molecule has 0 aromatic heterocycles. The Morgan fingerprint density at radius 3 is 2.64 bits per heavy atom. The number of hydrogen-bond acceptors (Lipinski definition) is 4. The molecule has 0 aliphatic carbocycles. The van der Waals surface area contributed by atoms with E-state index >= 15 is 0 Å². The summed E-state index contributed by atoms with van der Waals surface area (Å²) in [7, 11) is 0. The normalized spacial score (nSPS) is 15.0. The van der Waals surface area contributed by atoms with Gasteiger partial charge in [-0.3, -0.25) is 4.79 Å². The second-order valence-corrected chi connectivity index (χ2v) is 7.38. The smallest absolute Gasteiger partial charge is 0.335 e. The van der Waals surface area contributed by atoms with E-state index in [-0.39, 0.29) is 11.5 Å². The summed E-state index contributed by atoms with van der Waals surface area (Å²) in [4.78, 5) is 25.8. The molecule has 6 heteroatoms. The molecule has 1 aliphatic heterocycles. The van der Waals surface area contributed by atoms with Gasteiger partial charge in [-0.05, 0) is 63.4 Å². The van der Waals surface area contributed by atoms with Crippen LogP contribution >= 0.6 is 0 Å². The van der Waals surface area contributed by atoms with Crippen molar-refractivity contribution in [2.45, 2.75) is 39.2 Å². The average molecular weight is 383 g/mol. The molecule has 0 fully saturated rings. The zero-order valence-electron chi connectivity index (χ0n) is 16.4. The van der Waals surface area contributed by atoms with Crippen LogP contribution in [0, 0.1) is 6.92 Å². The largest absolute Gasteiger partial charge is 0.493 e. The number of fused-ring (bicyclic) bond motifs is 1. The number of carboxylic acid groups (broad SMARTS) is 1. The number of benzene rings is 2. The highest BCUT2D eigenvalue weighted by atomic mass is 16.5. The molecule has 0 atom stereocenters. The lowest BCUT2D eigenvalue weighted by Gasteiger charge is -2.39. The van der Waals surface area contributed by atoms with Crippen molar-refractivity contribution in [2.24, 2.45) is 0 Å². The standard InChI is InChI=1S/C22H25NO5/c1-15-8-4-5-9-18(15)27-13-7-6-12-23-17-14-16(20(24)25)10-11-19(17)28-22(2,3)21(23)26/h4-5,8-11,14H,6-7,12-13H2,1-3H3,(H,24,25). The fourth-order valence-electron chi connectivity index (χ4n) is 3.20. The van der Waals surface area contributed by atoms with Crippen molar-refractivity contribution in [3.05, 3.63) is 53.6 Å². The van der Waals surface area contributed by atoms with E-state index in [1.807, 2.05) is 31.2 Å². The average Bonchev–Trinajstić information content (AvgIpc) is 2.65. The van der Waals surface area contributed by atoms with Gasteiger partial charge in [0.1, 0.15) is 11.5 Å². The van der Waals surface area contributed by atoms with Crippen LogP contribution < -0.4 is 14.4 Å². The topological polar surface area (TPSA) is 76.1 Å². The van der Waals surface area contributed by atoms with Crippen LogP contribution in [0.5, 0.6) is 11.5 Å². The number of carbonyl (C=O) groups is 2. The van der Waals surface area contributed by atoms with E-state index in [4.69, 9.17) is 9.47 Å². The van der Waals surface area contributed by atoms with Crippen LogP contribution in [-0.2, 0) is 4.79 Å². The molecule has 6 nitrogen and oxygen atoms in total. The van der Waals surface area contributed by atoms with E-state index in [1.165, 1.54) is 12.1 Å². The predicted molar refractivity (Wildman–Crippen MR) is 106 cm³/mol. The number of rotatable bonds is 7. The molecular weight excluding hydrogens is 358 g/mol. The van der Waals surface area contributed by atoms with Gasteiger partial charge in [0.15, 0.2) is 5.60 Å². The fourth-order valence-corrected chi connectivity index (χ4v) is 3.20. The summed E-state index contributed by atoms with van der Waals surface area (Å²) in [6, 6.07) is 12.4. The second-order valence-electron chi connectivity index (χ2n) is 7.38. The number of carbonyl (C=O) groups excluding carboxylic acids is 1. The zero-order chi connectivity index (χ0) is 20.3. The maximum atomic E-state index is 12.8. The molecule has 0 saturated carbocycles. The van der Waals surface area contributed by atoms with Crippen LogP contribution in [-0.4, -0.2) is 35.7 Å². The van der Waals surface area contributed by atoms with Crippen LogP contribution in [0.4, 0.5) is 5.69 Å². The molecule has 1 aliphatic rings. The van der Waals surface area contributed by atoms with Crippen molar-refractivity contribution in [3.8, 4) is 11.5 Å². The molecule has 3 rings (SSSR count). The van der Waals surface area contributed by atoms with E-state index in [2.05, 4.69) is 0 Å². The summed E-state index contributed by atoms with van der Waals surface area (Å²) in [5.41, 5.74) is 0.726. The van der Waals surface area contributed by atoms with Gasteiger partial charge in [-0.2, -0.15) is 0 Å². The maximum absolute atomic E-state index is 12.8. The Labute approximate surface area is 164 Å². The number of unbranched alkanes of at least 4 members (excludes halogenated alkanes) is 1. The number of aromatic carboxylic acids is 1. The SMILES string of the molecule is Cc1ccccc1OCCCCN1C(=O)C(C)(C)Oc2ccc(C(=O)O)cc21. The van der Waals surface area contributed by atoms with Crippen molar-refractivity contribution in [3.63, 3.8) is 0 Å². The van der Waals surface area contributed by atoms with Gasteiger partial charge in [-0.1, -0.05) is 18.2 Å². The Morgan fingerprint density at radius 1 is 1.18 bits per heavy atom. The van der Waals surface area contributed by atoms with E-state index in [0.717, 1.165) is 24.2 Å². The molecule has 0 spiro atoms. The molecule has 2 aromatic rings. The third-order valence-corrected chi connectivity index (χ3v) is 4.75. The van der Waals surface area contributed by atoms with Gasteiger partial charge in [0.25, 0.3) is 5.91 Å². The minimum Gasteiger partial charge on any atom is -0.493 e. The number of nitrogens with zero attached hydrogens (tertiary/aromatic N) is 1. The van der Waals surface area contributed by atoms with E-state index in [9.17, 15) is 14.7 Å². The highest BCUT2D eigenvalue weighted by Crippen LogP contribution is 2.38. The number of amides is 1. The van der Waals surface area contributed by atoms with Crippen molar-refractivity contribution < 1.29 is 24.2 Å². The third kappa shape index (κ3) is 4.11. The molecule has 1 amide bonds. The number of carboxylic acids is 1. The van der Waals surface area contributed by atoms with Gasteiger partial charge in [0.2, 0.25) is 0 Å². The molecule has 2 aromatic carbocycles. The predicted octanol–water partition coefficient (Wildman–Crippen LogP) is 4.06.